The standard InChI is InChI=1S/C10H16N4S4/c1-17-9(15)13-11-7-5-3-4-6-8(7)12-14-10(16)18-2/h3-6H2,1-2H3,(H,13,15)(H,14,16)/b11-7-,12-8+. The Labute approximate surface area is 127 Å². The lowest BCUT2D eigenvalue weighted by Gasteiger charge is -2.15. The first-order valence-corrected chi connectivity index (χ1v) is 8.75. The molecule has 0 radical (unpaired) electrons. The molecule has 1 saturated carbocycles. The second-order valence-corrected chi connectivity index (χ2v) is 6.50. The lowest BCUT2D eigenvalue weighted by molar-refractivity contribution is 0.766. The second kappa shape index (κ2) is 8.84. The van der Waals surface area contributed by atoms with Gasteiger partial charge in [-0.05, 0) is 38.2 Å². The molecule has 0 aromatic rings. The molecule has 4 nitrogen and oxygen atoms in total. The number of nitrogens with one attached hydrogen (secondary N) is 2. The summed E-state index contributed by atoms with van der Waals surface area (Å²) in [5.41, 5.74) is 7.67. The molecule has 0 aromatic heterocycles. The smallest absolute Gasteiger partial charge is 0.153 e. The van der Waals surface area contributed by atoms with Gasteiger partial charge >= 0.3 is 0 Å². The largest absolute Gasteiger partial charge is 0.262 e. The molecule has 0 aromatic carbocycles. The Morgan fingerprint density at radius 2 is 1.33 bits per heavy atom. The minimum Gasteiger partial charge on any atom is -0.262 e. The monoisotopic (exact) mass is 320 g/mol. The summed E-state index contributed by atoms with van der Waals surface area (Å²) in [5, 5.41) is 8.65. The van der Waals surface area contributed by atoms with Crippen molar-refractivity contribution >= 4 is 68.0 Å². The Morgan fingerprint density at radius 3 is 1.67 bits per heavy atom. The lowest BCUT2D eigenvalue weighted by Crippen LogP contribution is -2.26. The maximum absolute atomic E-state index is 5.05. The van der Waals surface area contributed by atoms with Gasteiger partial charge in [0, 0.05) is 0 Å². The summed E-state index contributed by atoms with van der Waals surface area (Å²) in [6.45, 7) is 0. The van der Waals surface area contributed by atoms with Gasteiger partial charge in [0.25, 0.3) is 0 Å². The molecule has 0 spiro atoms. The molecule has 0 amide bonds. The predicted octanol–water partition coefficient (Wildman–Crippen LogP) is 2.75. The van der Waals surface area contributed by atoms with Gasteiger partial charge < -0.3 is 0 Å². The van der Waals surface area contributed by atoms with Gasteiger partial charge in [-0.25, -0.2) is 0 Å². The van der Waals surface area contributed by atoms with Gasteiger partial charge in [-0.15, -0.1) is 0 Å². The fraction of sp³-hybridized carbons (Fsp3) is 0.600. The number of thioether (sulfide) groups is 2. The Balaban J connectivity index is 2.67. The van der Waals surface area contributed by atoms with E-state index in [1.807, 2.05) is 12.5 Å². The van der Waals surface area contributed by atoms with Crippen molar-refractivity contribution in [3.05, 3.63) is 0 Å². The van der Waals surface area contributed by atoms with E-state index in [1.54, 1.807) is 0 Å². The van der Waals surface area contributed by atoms with Gasteiger partial charge in [-0.3, -0.25) is 10.9 Å². The molecule has 2 N–H and O–H groups in total. The number of hydrazone groups is 2. The molecule has 1 aliphatic rings. The average Bonchev–Trinajstić information content (AvgIpc) is 2.42. The molecular weight excluding hydrogens is 304 g/mol. The van der Waals surface area contributed by atoms with E-state index in [1.165, 1.54) is 23.5 Å². The molecule has 0 saturated heterocycles. The number of thiocarbonyl (C=S) groups is 2. The van der Waals surface area contributed by atoms with Crippen LogP contribution in [0.15, 0.2) is 10.2 Å². The van der Waals surface area contributed by atoms with Crippen molar-refractivity contribution in [3.8, 4) is 0 Å². The van der Waals surface area contributed by atoms with Crippen LogP contribution < -0.4 is 10.9 Å². The normalized spacial score (nSPS) is 19.9. The van der Waals surface area contributed by atoms with Crippen molar-refractivity contribution in [2.45, 2.75) is 25.7 Å². The summed E-state index contributed by atoms with van der Waals surface area (Å²) in [6.07, 6.45) is 7.97. The Bertz CT molecular complexity index is 342. The number of hydrogen-bond donors (Lipinski definition) is 2. The Hall–Kier alpha value is -0.180. The van der Waals surface area contributed by atoms with Crippen molar-refractivity contribution in [2.75, 3.05) is 12.5 Å². The van der Waals surface area contributed by atoms with Crippen LogP contribution in [0, 0.1) is 0 Å². The third-order valence-corrected chi connectivity index (χ3v) is 4.45. The van der Waals surface area contributed by atoms with Crippen molar-refractivity contribution in [2.24, 2.45) is 10.2 Å². The first kappa shape index (κ1) is 15.9. The van der Waals surface area contributed by atoms with Gasteiger partial charge in [-0.1, -0.05) is 48.0 Å². The molecule has 100 valence electrons. The van der Waals surface area contributed by atoms with E-state index in [0.717, 1.165) is 37.1 Å². The molecular formula is C10H16N4S4. The number of hydrogen-bond acceptors (Lipinski definition) is 6. The quantitative estimate of drug-likeness (QED) is 0.603. The van der Waals surface area contributed by atoms with Crippen LogP contribution in [0.1, 0.15) is 25.7 Å². The van der Waals surface area contributed by atoms with E-state index < -0.39 is 0 Å². The van der Waals surface area contributed by atoms with Gasteiger partial charge in [0.05, 0.1) is 11.4 Å². The van der Waals surface area contributed by atoms with Gasteiger partial charge in [0.15, 0.2) is 8.64 Å². The Kier molecular flexibility index (Phi) is 7.80. The van der Waals surface area contributed by atoms with E-state index in [-0.39, 0.29) is 0 Å². The number of nitrogens with zero attached hydrogens (tertiary/aromatic N) is 2. The fourth-order valence-electron chi connectivity index (χ4n) is 1.43. The van der Waals surface area contributed by atoms with Gasteiger partial charge in [-0.2, -0.15) is 10.2 Å². The molecule has 1 aliphatic carbocycles. The zero-order valence-corrected chi connectivity index (χ0v) is 13.6. The first-order chi connectivity index (χ1) is 8.67. The fourth-order valence-corrected chi connectivity index (χ4v) is 1.80. The van der Waals surface area contributed by atoms with Crippen molar-refractivity contribution in [3.63, 3.8) is 0 Å². The van der Waals surface area contributed by atoms with E-state index in [9.17, 15) is 0 Å². The summed E-state index contributed by atoms with van der Waals surface area (Å²) in [6, 6.07) is 0. The zero-order chi connectivity index (χ0) is 13.4. The summed E-state index contributed by atoms with van der Waals surface area (Å²) in [4.78, 5) is 0. The van der Waals surface area contributed by atoms with Crippen molar-refractivity contribution < 1.29 is 0 Å². The molecule has 1 fully saturated rings. The SMILES string of the molecule is CSC(=S)N/N=C1/CCCC/C1=N\NC(=S)SC. The molecule has 18 heavy (non-hydrogen) atoms. The van der Waals surface area contributed by atoms with Crippen LogP contribution in [0.3, 0.4) is 0 Å². The summed E-state index contributed by atoms with van der Waals surface area (Å²) >= 11 is 13.0. The van der Waals surface area contributed by atoms with Crippen LogP contribution in [-0.4, -0.2) is 32.6 Å². The van der Waals surface area contributed by atoms with Crippen LogP contribution in [0.5, 0.6) is 0 Å². The number of rotatable bonds is 2. The average molecular weight is 321 g/mol. The van der Waals surface area contributed by atoms with Crippen LogP contribution in [0.25, 0.3) is 0 Å². The molecule has 0 heterocycles. The summed E-state index contributed by atoms with van der Waals surface area (Å²) in [7, 11) is 0. The maximum atomic E-state index is 5.05. The Morgan fingerprint density at radius 1 is 0.944 bits per heavy atom. The predicted molar refractivity (Wildman–Crippen MR) is 91.8 cm³/mol. The van der Waals surface area contributed by atoms with Crippen LogP contribution in [0.2, 0.25) is 0 Å². The van der Waals surface area contributed by atoms with E-state index in [0.29, 0.717) is 8.64 Å². The summed E-state index contributed by atoms with van der Waals surface area (Å²) < 4.78 is 1.33. The van der Waals surface area contributed by atoms with Crippen LogP contribution >= 0.6 is 48.0 Å². The molecule has 0 aliphatic heterocycles. The van der Waals surface area contributed by atoms with E-state index in [4.69, 9.17) is 24.4 Å². The highest BCUT2D eigenvalue weighted by Gasteiger charge is 2.15. The molecule has 1 rings (SSSR count). The highest BCUT2D eigenvalue weighted by Crippen LogP contribution is 2.13. The third kappa shape index (κ3) is 5.64. The molecule has 0 atom stereocenters. The van der Waals surface area contributed by atoms with Gasteiger partial charge in [0.2, 0.25) is 0 Å². The van der Waals surface area contributed by atoms with Crippen molar-refractivity contribution in [1.82, 2.24) is 10.9 Å². The van der Waals surface area contributed by atoms with Gasteiger partial charge in [0.1, 0.15) is 0 Å². The minimum absolute atomic E-state index is 0.667. The molecule has 0 unspecified atom stereocenters. The topological polar surface area (TPSA) is 48.8 Å². The van der Waals surface area contributed by atoms with E-state index in [2.05, 4.69) is 21.1 Å². The first-order valence-electron chi connectivity index (χ1n) is 5.48. The van der Waals surface area contributed by atoms with Crippen molar-refractivity contribution in [1.29, 1.82) is 0 Å². The minimum atomic E-state index is 0.667. The summed E-state index contributed by atoms with van der Waals surface area (Å²) in [5.74, 6) is 0. The zero-order valence-electron chi connectivity index (χ0n) is 10.4. The van der Waals surface area contributed by atoms with Crippen LogP contribution in [-0.2, 0) is 0 Å². The highest BCUT2D eigenvalue weighted by molar-refractivity contribution is 8.22. The molecule has 0 bridgehead atoms. The lowest BCUT2D eigenvalue weighted by atomic mass is 9.96. The second-order valence-electron chi connectivity index (χ2n) is 3.53. The van der Waals surface area contributed by atoms with Crippen LogP contribution in [0.4, 0.5) is 0 Å². The molecule has 8 heteroatoms. The maximum Gasteiger partial charge on any atom is 0.153 e. The third-order valence-electron chi connectivity index (χ3n) is 2.35. The van der Waals surface area contributed by atoms with E-state index >= 15 is 0 Å². The highest BCUT2D eigenvalue weighted by atomic mass is 32.2.